The standard InChI is InChI=1S/C13H11N3O2S/c1-16(12-6-8-15-9-7-12)19(17,18)13-4-2-11(10-14)3-5-13/h2-9H,1H3. The molecule has 0 aliphatic carbocycles. The van der Waals surface area contributed by atoms with E-state index in [0.717, 1.165) is 0 Å². The minimum Gasteiger partial charge on any atom is -0.269 e. The van der Waals surface area contributed by atoms with Crippen LogP contribution in [0.2, 0.25) is 0 Å². The summed E-state index contributed by atoms with van der Waals surface area (Å²) in [5.41, 5.74) is 0.949. The lowest BCUT2D eigenvalue weighted by molar-refractivity contribution is 0.594. The molecule has 0 saturated carbocycles. The first-order valence-electron chi connectivity index (χ1n) is 5.45. The Morgan fingerprint density at radius 2 is 1.68 bits per heavy atom. The van der Waals surface area contributed by atoms with Gasteiger partial charge in [-0.1, -0.05) is 0 Å². The van der Waals surface area contributed by atoms with Crippen LogP contribution in [-0.4, -0.2) is 20.4 Å². The first kappa shape index (κ1) is 13.1. The van der Waals surface area contributed by atoms with Gasteiger partial charge in [-0.05, 0) is 36.4 Å². The Kier molecular flexibility index (Phi) is 3.49. The van der Waals surface area contributed by atoms with E-state index in [1.165, 1.54) is 48.0 Å². The molecule has 2 aromatic rings. The summed E-state index contributed by atoms with van der Waals surface area (Å²) in [6.45, 7) is 0. The normalized spacial score (nSPS) is 10.7. The molecule has 19 heavy (non-hydrogen) atoms. The fraction of sp³-hybridized carbons (Fsp3) is 0.0769. The Hall–Kier alpha value is -2.39. The number of benzene rings is 1. The molecule has 6 heteroatoms. The van der Waals surface area contributed by atoms with Gasteiger partial charge in [0.1, 0.15) is 0 Å². The highest BCUT2D eigenvalue weighted by Crippen LogP contribution is 2.21. The Bertz CT molecular complexity index is 704. The van der Waals surface area contributed by atoms with Gasteiger partial charge in [0.2, 0.25) is 0 Å². The molecule has 96 valence electrons. The highest BCUT2D eigenvalue weighted by Gasteiger charge is 2.20. The van der Waals surface area contributed by atoms with Crippen LogP contribution in [0.5, 0.6) is 0 Å². The van der Waals surface area contributed by atoms with Crippen molar-refractivity contribution in [1.82, 2.24) is 4.98 Å². The largest absolute Gasteiger partial charge is 0.269 e. The maximum absolute atomic E-state index is 12.4. The van der Waals surface area contributed by atoms with Crippen molar-refractivity contribution in [3.8, 4) is 6.07 Å². The van der Waals surface area contributed by atoms with Gasteiger partial charge in [-0.15, -0.1) is 0 Å². The second-order valence-corrected chi connectivity index (χ2v) is 5.78. The average molecular weight is 273 g/mol. The van der Waals surface area contributed by atoms with Gasteiger partial charge in [0.15, 0.2) is 0 Å². The van der Waals surface area contributed by atoms with E-state index in [2.05, 4.69) is 4.98 Å². The third-order valence-corrected chi connectivity index (χ3v) is 4.47. The average Bonchev–Trinajstić information content (AvgIpc) is 2.47. The number of hydrogen-bond acceptors (Lipinski definition) is 4. The van der Waals surface area contributed by atoms with E-state index in [0.29, 0.717) is 11.3 Å². The van der Waals surface area contributed by atoms with Crippen molar-refractivity contribution in [2.24, 2.45) is 0 Å². The first-order chi connectivity index (χ1) is 9.05. The van der Waals surface area contributed by atoms with Crippen molar-refractivity contribution >= 4 is 15.7 Å². The highest BCUT2D eigenvalue weighted by molar-refractivity contribution is 7.92. The predicted molar refractivity (Wildman–Crippen MR) is 71.0 cm³/mol. The lowest BCUT2D eigenvalue weighted by Crippen LogP contribution is -2.26. The van der Waals surface area contributed by atoms with Gasteiger partial charge in [-0.3, -0.25) is 9.29 Å². The fourth-order valence-corrected chi connectivity index (χ4v) is 2.75. The Morgan fingerprint density at radius 3 is 2.21 bits per heavy atom. The topological polar surface area (TPSA) is 74.1 Å². The predicted octanol–water partition coefficient (Wildman–Crippen LogP) is 1.78. The second kappa shape index (κ2) is 5.08. The van der Waals surface area contributed by atoms with Gasteiger partial charge in [0, 0.05) is 19.4 Å². The molecule has 0 bridgehead atoms. The summed E-state index contributed by atoms with van der Waals surface area (Å²) in [4.78, 5) is 3.99. The Morgan fingerprint density at radius 1 is 1.11 bits per heavy atom. The van der Waals surface area contributed by atoms with E-state index in [-0.39, 0.29) is 4.90 Å². The summed E-state index contributed by atoms with van der Waals surface area (Å²) >= 11 is 0. The van der Waals surface area contributed by atoms with Crippen molar-refractivity contribution in [2.75, 3.05) is 11.4 Å². The van der Waals surface area contributed by atoms with E-state index in [1.54, 1.807) is 12.1 Å². The van der Waals surface area contributed by atoms with Crippen LogP contribution in [0.4, 0.5) is 5.69 Å². The van der Waals surface area contributed by atoms with Gasteiger partial charge in [0.05, 0.1) is 22.2 Å². The van der Waals surface area contributed by atoms with Gasteiger partial charge in [-0.25, -0.2) is 8.42 Å². The number of nitrogens with zero attached hydrogens (tertiary/aromatic N) is 3. The van der Waals surface area contributed by atoms with Gasteiger partial charge in [0.25, 0.3) is 10.0 Å². The molecule has 0 saturated heterocycles. The summed E-state index contributed by atoms with van der Waals surface area (Å²) in [6, 6.07) is 11.0. The summed E-state index contributed by atoms with van der Waals surface area (Å²) < 4.78 is 25.9. The summed E-state index contributed by atoms with van der Waals surface area (Å²) in [5.74, 6) is 0. The van der Waals surface area contributed by atoms with Crippen LogP contribution in [0.15, 0.2) is 53.7 Å². The Balaban J connectivity index is 2.40. The van der Waals surface area contributed by atoms with Crippen LogP contribution in [-0.2, 0) is 10.0 Å². The number of sulfonamides is 1. The van der Waals surface area contributed by atoms with E-state index < -0.39 is 10.0 Å². The van der Waals surface area contributed by atoms with Crippen LogP contribution < -0.4 is 4.31 Å². The minimum absolute atomic E-state index is 0.144. The zero-order valence-corrected chi connectivity index (χ0v) is 11.0. The number of pyridine rings is 1. The summed E-state index contributed by atoms with van der Waals surface area (Å²) in [6.07, 6.45) is 3.06. The molecule has 5 nitrogen and oxygen atoms in total. The van der Waals surface area contributed by atoms with Crippen molar-refractivity contribution in [1.29, 1.82) is 5.26 Å². The van der Waals surface area contributed by atoms with E-state index in [9.17, 15) is 8.42 Å². The quantitative estimate of drug-likeness (QED) is 0.854. The van der Waals surface area contributed by atoms with Crippen LogP contribution in [0.3, 0.4) is 0 Å². The molecular formula is C13H11N3O2S. The monoisotopic (exact) mass is 273 g/mol. The second-order valence-electron chi connectivity index (χ2n) is 3.81. The highest BCUT2D eigenvalue weighted by atomic mass is 32.2. The summed E-state index contributed by atoms with van der Waals surface area (Å²) in [7, 11) is -2.15. The fourth-order valence-electron chi connectivity index (χ4n) is 1.55. The number of nitriles is 1. The molecule has 0 fully saturated rings. The van der Waals surface area contributed by atoms with Crippen LogP contribution in [0.25, 0.3) is 0 Å². The molecule has 1 aromatic heterocycles. The zero-order chi connectivity index (χ0) is 13.9. The van der Waals surface area contributed by atoms with E-state index in [4.69, 9.17) is 5.26 Å². The minimum atomic E-state index is -3.62. The summed E-state index contributed by atoms with van der Waals surface area (Å²) in [5, 5.41) is 8.70. The number of anilines is 1. The molecule has 0 aliphatic heterocycles. The molecule has 2 rings (SSSR count). The molecule has 0 unspecified atom stereocenters. The maximum atomic E-state index is 12.4. The van der Waals surface area contributed by atoms with Crippen LogP contribution in [0, 0.1) is 11.3 Å². The van der Waals surface area contributed by atoms with Crippen LogP contribution >= 0.6 is 0 Å². The molecule has 0 atom stereocenters. The molecule has 1 aromatic carbocycles. The lowest BCUT2D eigenvalue weighted by Gasteiger charge is -2.19. The number of rotatable bonds is 3. The molecule has 0 radical (unpaired) electrons. The SMILES string of the molecule is CN(c1ccncc1)S(=O)(=O)c1ccc(C#N)cc1. The molecule has 0 aliphatic rings. The van der Waals surface area contributed by atoms with Gasteiger partial charge in [-0.2, -0.15) is 5.26 Å². The third-order valence-electron chi connectivity index (χ3n) is 2.67. The third kappa shape index (κ3) is 2.56. The molecule has 0 N–H and O–H groups in total. The molecule has 0 spiro atoms. The van der Waals surface area contributed by atoms with E-state index in [1.807, 2.05) is 6.07 Å². The lowest BCUT2D eigenvalue weighted by atomic mass is 10.2. The maximum Gasteiger partial charge on any atom is 0.264 e. The molecule has 1 heterocycles. The zero-order valence-electron chi connectivity index (χ0n) is 10.2. The number of aromatic nitrogens is 1. The van der Waals surface area contributed by atoms with E-state index >= 15 is 0 Å². The smallest absolute Gasteiger partial charge is 0.264 e. The first-order valence-corrected chi connectivity index (χ1v) is 6.89. The molecular weight excluding hydrogens is 262 g/mol. The van der Waals surface area contributed by atoms with Gasteiger partial charge < -0.3 is 0 Å². The van der Waals surface area contributed by atoms with Crippen LogP contribution in [0.1, 0.15) is 5.56 Å². The van der Waals surface area contributed by atoms with Crippen molar-refractivity contribution in [3.05, 3.63) is 54.4 Å². The Labute approximate surface area is 111 Å². The van der Waals surface area contributed by atoms with Crippen molar-refractivity contribution < 1.29 is 8.42 Å². The molecule has 0 amide bonds. The van der Waals surface area contributed by atoms with Crippen molar-refractivity contribution in [3.63, 3.8) is 0 Å². The van der Waals surface area contributed by atoms with Gasteiger partial charge >= 0.3 is 0 Å². The van der Waals surface area contributed by atoms with Crippen molar-refractivity contribution in [2.45, 2.75) is 4.90 Å². The number of hydrogen-bond donors (Lipinski definition) is 0.